The first-order valence-corrected chi connectivity index (χ1v) is 14.2. The van der Waals surface area contributed by atoms with E-state index in [9.17, 15) is 29.7 Å². The zero-order valence-electron chi connectivity index (χ0n) is 24.8. The number of fused-ring (bicyclic) bond motifs is 8. The summed E-state index contributed by atoms with van der Waals surface area (Å²) in [5.74, 6) is -4.64. The molecule has 0 spiro atoms. The number of nitrogens with zero attached hydrogens (tertiary/aromatic N) is 2. The molecule has 43 heavy (non-hydrogen) atoms. The molecule has 0 saturated heterocycles. The smallest absolute Gasteiger partial charge is 0.339 e. The zero-order valence-corrected chi connectivity index (χ0v) is 24.8. The molecule has 2 aliphatic rings. The lowest BCUT2D eigenvalue weighted by atomic mass is 9.85. The third-order valence-corrected chi connectivity index (χ3v) is 8.73. The number of aryl methyl sites for hydroxylation is 3. The van der Waals surface area contributed by atoms with Gasteiger partial charge in [-0.1, -0.05) is 26.5 Å². The van der Waals surface area contributed by atoms with Crippen LogP contribution >= 0.6 is 0 Å². The Labute approximate surface area is 247 Å². The SMILES string of the molecule is C=Cc1c(C)c2cc3nc(c(C(=O)O)c4nc(cc5[nH]c(cc1[nH]2)c(C)c5CC)C(C)=C4C(=O)O)[C@@H](CCC(=O)O)[C@@H]3C. The van der Waals surface area contributed by atoms with E-state index in [-0.39, 0.29) is 41.3 Å². The standard InChI is InChI=1S/C33H34N4O6/c1-7-18-14(3)21-11-23-16(5)20(9-10-27(38)39)30(36-23)29(33(42)43)31-28(32(40)41)17(6)24(37-31)13-26-19(8-2)15(4)22(35-26)12-25(18)34-21/h7,11-13,16,20,34-35H,1,8-10H2,2-6H3,(H,38,39)(H,40,41)(H,42,43)/t16-,20-/m0/s1. The lowest BCUT2D eigenvalue weighted by molar-refractivity contribution is -0.137. The van der Waals surface area contributed by atoms with Crippen LogP contribution in [0.5, 0.6) is 0 Å². The van der Waals surface area contributed by atoms with Crippen LogP contribution in [0.1, 0.15) is 101 Å². The van der Waals surface area contributed by atoms with Crippen molar-refractivity contribution in [3.8, 4) is 0 Å². The number of carboxylic acid groups (broad SMARTS) is 3. The first kappa shape index (κ1) is 29.5. The van der Waals surface area contributed by atoms with Gasteiger partial charge in [0.05, 0.1) is 22.7 Å². The summed E-state index contributed by atoms with van der Waals surface area (Å²) in [6, 6.07) is 5.62. The Morgan fingerprint density at radius 2 is 1.60 bits per heavy atom. The highest BCUT2D eigenvalue weighted by atomic mass is 16.4. The molecule has 10 nitrogen and oxygen atoms in total. The maximum atomic E-state index is 12.9. The summed E-state index contributed by atoms with van der Waals surface area (Å²) in [6.45, 7) is 13.5. The maximum Gasteiger partial charge on any atom is 0.339 e. The highest BCUT2D eigenvalue weighted by molar-refractivity contribution is 6.26. The minimum atomic E-state index is -1.38. The molecule has 5 N–H and O–H groups in total. The number of H-pyrrole nitrogens is 2. The van der Waals surface area contributed by atoms with Gasteiger partial charge in [-0.25, -0.2) is 14.6 Å². The average Bonchev–Trinajstić information content (AvgIpc) is 3.60. The number of hydrogen-bond acceptors (Lipinski definition) is 5. The molecule has 3 aromatic heterocycles. The van der Waals surface area contributed by atoms with Gasteiger partial charge >= 0.3 is 17.9 Å². The molecule has 5 rings (SSSR count). The van der Waals surface area contributed by atoms with Gasteiger partial charge in [-0.05, 0) is 74.1 Å². The molecular weight excluding hydrogens is 548 g/mol. The number of aliphatic carboxylic acids is 2. The van der Waals surface area contributed by atoms with Crippen LogP contribution in [-0.2, 0) is 16.0 Å². The third kappa shape index (κ3) is 4.92. The second-order valence-corrected chi connectivity index (χ2v) is 11.1. The van der Waals surface area contributed by atoms with Crippen molar-refractivity contribution in [2.24, 2.45) is 0 Å². The van der Waals surface area contributed by atoms with E-state index in [0.717, 1.165) is 44.3 Å². The van der Waals surface area contributed by atoms with Crippen molar-refractivity contribution in [2.45, 2.75) is 65.7 Å². The van der Waals surface area contributed by atoms with Crippen molar-refractivity contribution in [1.82, 2.24) is 19.9 Å². The second kappa shape index (κ2) is 11.0. The number of carboxylic acids is 3. The first-order chi connectivity index (χ1) is 20.4. The number of aromatic amines is 2. The Balaban J connectivity index is 2.04. The van der Waals surface area contributed by atoms with Crippen molar-refractivity contribution in [2.75, 3.05) is 0 Å². The van der Waals surface area contributed by atoms with Crippen LogP contribution in [-0.4, -0.2) is 53.2 Å². The molecule has 8 bridgehead atoms. The summed E-state index contributed by atoms with van der Waals surface area (Å²) >= 11 is 0. The van der Waals surface area contributed by atoms with Gasteiger partial charge in [-0.15, -0.1) is 0 Å². The molecule has 0 unspecified atom stereocenters. The van der Waals surface area contributed by atoms with Crippen LogP contribution < -0.4 is 0 Å². The van der Waals surface area contributed by atoms with E-state index in [2.05, 4.69) is 21.5 Å². The number of rotatable bonds is 7. The molecule has 0 aromatic carbocycles. The molecule has 0 amide bonds. The first-order valence-electron chi connectivity index (χ1n) is 14.2. The van der Waals surface area contributed by atoms with Crippen LogP contribution in [0, 0.1) is 13.8 Å². The number of hydrogen-bond donors (Lipinski definition) is 5. The monoisotopic (exact) mass is 582 g/mol. The fourth-order valence-corrected chi connectivity index (χ4v) is 6.32. The van der Waals surface area contributed by atoms with Gasteiger partial charge in [-0.2, -0.15) is 0 Å². The summed E-state index contributed by atoms with van der Waals surface area (Å²) in [5, 5.41) is 30.2. The van der Waals surface area contributed by atoms with Gasteiger partial charge in [0.2, 0.25) is 0 Å². The van der Waals surface area contributed by atoms with Crippen LogP contribution in [0.3, 0.4) is 0 Å². The Kier molecular flexibility index (Phi) is 7.56. The summed E-state index contributed by atoms with van der Waals surface area (Å²) in [7, 11) is 0. The quantitative estimate of drug-likeness (QED) is 0.207. The number of allylic oxidation sites excluding steroid dienone is 1. The Bertz CT molecular complexity index is 1930. The molecule has 2 aliphatic heterocycles. The highest BCUT2D eigenvalue weighted by Crippen LogP contribution is 2.43. The van der Waals surface area contributed by atoms with E-state index in [0.29, 0.717) is 23.4 Å². The Morgan fingerprint density at radius 3 is 2.21 bits per heavy atom. The number of carbonyl (C=O) groups is 3. The summed E-state index contributed by atoms with van der Waals surface area (Å²) in [6.07, 6.45) is 2.39. The van der Waals surface area contributed by atoms with Crippen molar-refractivity contribution >= 4 is 57.2 Å². The van der Waals surface area contributed by atoms with Crippen LogP contribution in [0.25, 0.3) is 39.3 Å². The lowest BCUT2D eigenvalue weighted by Crippen LogP contribution is -2.13. The largest absolute Gasteiger partial charge is 0.481 e. The Morgan fingerprint density at radius 1 is 0.930 bits per heavy atom. The second-order valence-electron chi connectivity index (χ2n) is 11.1. The highest BCUT2D eigenvalue weighted by Gasteiger charge is 2.37. The third-order valence-electron chi connectivity index (χ3n) is 8.73. The van der Waals surface area contributed by atoms with Crippen LogP contribution in [0.15, 0.2) is 24.8 Å². The number of nitrogens with one attached hydrogen (secondary N) is 2. The van der Waals surface area contributed by atoms with E-state index >= 15 is 0 Å². The van der Waals surface area contributed by atoms with E-state index in [1.165, 1.54) is 0 Å². The Hall–Kier alpha value is -4.99. The van der Waals surface area contributed by atoms with E-state index in [4.69, 9.17) is 4.98 Å². The molecule has 3 aromatic rings. The minimum absolute atomic E-state index is 0.120. The van der Waals surface area contributed by atoms with Crippen LogP contribution in [0.4, 0.5) is 0 Å². The molecule has 0 fully saturated rings. The van der Waals surface area contributed by atoms with Crippen molar-refractivity contribution in [3.05, 3.63) is 75.4 Å². The molecule has 10 heteroatoms. The summed E-state index contributed by atoms with van der Waals surface area (Å²) < 4.78 is 0. The van der Waals surface area contributed by atoms with Crippen LogP contribution in [0.2, 0.25) is 0 Å². The number of aromatic carboxylic acids is 1. The maximum absolute atomic E-state index is 12.9. The molecule has 0 radical (unpaired) electrons. The van der Waals surface area contributed by atoms with Gasteiger partial charge in [-0.3, -0.25) is 9.78 Å². The molecule has 2 atom stereocenters. The fraction of sp³-hybridized carbons (Fsp3) is 0.303. The fourth-order valence-electron chi connectivity index (χ4n) is 6.32. The minimum Gasteiger partial charge on any atom is -0.481 e. The van der Waals surface area contributed by atoms with Gasteiger partial charge < -0.3 is 25.3 Å². The van der Waals surface area contributed by atoms with Gasteiger partial charge in [0.25, 0.3) is 0 Å². The molecule has 5 heterocycles. The zero-order chi connectivity index (χ0) is 31.3. The molecule has 0 saturated carbocycles. The summed E-state index contributed by atoms with van der Waals surface area (Å²) in [5.41, 5.74) is 7.69. The molecule has 222 valence electrons. The van der Waals surface area contributed by atoms with E-state index in [1.807, 2.05) is 39.8 Å². The topological polar surface area (TPSA) is 169 Å². The molecule has 0 aliphatic carbocycles. The average molecular weight is 583 g/mol. The number of aromatic nitrogens is 4. The predicted octanol–water partition coefficient (Wildman–Crippen LogP) is 6.60. The summed E-state index contributed by atoms with van der Waals surface area (Å²) in [4.78, 5) is 53.4. The predicted molar refractivity (Wildman–Crippen MR) is 165 cm³/mol. The van der Waals surface area contributed by atoms with E-state index < -0.39 is 23.8 Å². The van der Waals surface area contributed by atoms with Gasteiger partial charge in [0.15, 0.2) is 0 Å². The normalized spacial score (nSPS) is 16.4. The molecular formula is C33H34N4O6. The van der Waals surface area contributed by atoms with E-state index in [1.54, 1.807) is 19.1 Å². The van der Waals surface area contributed by atoms with Gasteiger partial charge in [0.1, 0.15) is 5.56 Å². The van der Waals surface area contributed by atoms with Crippen molar-refractivity contribution in [3.63, 3.8) is 0 Å². The lowest BCUT2D eigenvalue weighted by Gasteiger charge is -2.16. The van der Waals surface area contributed by atoms with Crippen molar-refractivity contribution < 1.29 is 29.7 Å². The van der Waals surface area contributed by atoms with Gasteiger partial charge in [0, 0.05) is 51.6 Å². The van der Waals surface area contributed by atoms with Crippen molar-refractivity contribution in [1.29, 1.82) is 0 Å².